The minimum Gasteiger partial charge on any atom is -0.380 e. The van der Waals surface area contributed by atoms with Gasteiger partial charge in [-0.2, -0.15) is 0 Å². The Bertz CT molecular complexity index is 704. The molecule has 0 fully saturated rings. The third-order valence-electron chi connectivity index (χ3n) is 3.11. The molecular weight excluding hydrogens is 239 g/mol. The number of fused-ring (bicyclic) bond motifs is 1. The van der Waals surface area contributed by atoms with Crippen molar-refractivity contribution in [2.24, 2.45) is 0 Å². The first-order chi connectivity index (χ1) is 9.34. The van der Waals surface area contributed by atoms with Gasteiger partial charge in [-0.1, -0.05) is 30.3 Å². The van der Waals surface area contributed by atoms with Crippen LogP contribution in [-0.2, 0) is 6.54 Å². The number of anilines is 1. The fourth-order valence-electron chi connectivity index (χ4n) is 2.11. The van der Waals surface area contributed by atoms with Crippen molar-refractivity contribution in [3.63, 3.8) is 0 Å². The van der Waals surface area contributed by atoms with Crippen molar-refractivity contribution in [3.8, 4) is 0 Å². The first kappa shape index (κ1) is 11.7. The van der Waals surface area contributed by atoms with Gasteiger partial charge < -0.3 is 5.32 Å². The first-order valence-electron chi connectivity index (χ1n) is 6.14. The summed E-state index contributed by atoms with van der Waals surface area (Å²) in [5, 5.41) is 5.44. The maximum absolute atomic E-state index is 13.6. The number of pyridine rings is 1. The minimum absolute atomic E-state index is 0.183. The van der Waals surface area contributed by atoms with Gasteiger partial charge in [-0.25, -0.2) is 4.39 Å². The Kier molecular flexibility index (Phi) is 3.11. The first-order valence-corrected chi connectivity index (χ1v) is 6.14. The van der Waals surface area contributed by atoms with Gasteiger partial charge in [0.05, 0.1) is 0 Å². The van der Waals surface area contributed by atoms with E-state index in [2.05, 4.69) is 10.3 Å². The minimum atomic E-state index is -0.183. The average Bonchev–Trinajstić information content (AvgIpc) is 2.46. The molecule has 0 spiro atoms. The van der Waals surface area contributed by atoms with Crippen molar-refractivity contribution in [1.29, 1.82) is 0 Å². The van der Waals surface area contributed by atoms with Gasteiger partial charge in [0.2, 0.25) is 0 Å². The van der Waals surface area contributed by atoms with Gasteiger partial charge in [0.15, 0.2) is 0 Å². The van der Waals surface area contributed by atoms with Gasteiger partial charge in [-0.15, -0.1) is 0 Å². The van der Waals surface area contributed by atoms with Crippen LogP contribution in [-0.4, -0.2) is 4.98 Å². The highest BCUT2D eigenvalue weighted by Gasteiger charge is 2.03. The molecule has 3 rings (SSSR count). The summed E-state index contributed by atoms with van der Waals surface area (Å²) >= 11 is 0. The van der Waals surface area contributed by atoms with E-state index in [9.17, 15) is 4.39 Å². The van der Waals surface area contributed by atoms with Crippen LogP contribution in [0.4, 0.5) is 10.1 Å². The molecule has 0 amide bonds. The van der Waals surface area contributed by atoms with E-state index in [1.807, 2.05) is 36.5 Å². The highest BCUT2D eigenvalue weighted by Crippen LogP contribution is 2.22. The normalized spacial score (nSPS) is 10.6. The molecule has 3 aromatic rings. The Morgan fingerprint density at radius 2 is 1.89 bits per heavy atom. The van der Waals surface area contributed by atoms with Gasteiger partial charge in [-0.05, 0) is 18.2 Å². The van der Waals surface area contributed by atoms with Gasteiger partial charge in [0.25, 0.3) is 0 Å². The average molecular weight is 252 g/mol. The number of hydrogen-bond donors (Lipinski definition) is 1. The molecule has 0 bridgehead atoms. The van der Waals surface area contributed by atoms with Crippen LogP contribution in [0.25, 0.3) is 10.8 Å². The number of hydrogen-bond acceptors (Lipinski definition) is 2. The fraction of sp³-hybridized carbons (Fsp3) is 0.0625. The zero-order chi connectivity index (χ0) is 13.1. The largest absolute Gasteiger partial charge is 0.380 e. The highest BCUT2D eigenvalue weighted by atomic mass is 19.1. The molecule has 94 valence electrons. The van der Waals surface area contributed by atoms with Crippen LogP contribution in [0, 0.1) is 5.82 Å². The second-order valence-electron chi connectivity index (χ2n) is 4.35. The predicted molar refractivity (Wildman–Crippen MR) is 75.5 cm³/mol. The Morgan fingerprint density at radius 1 is 1.00 bits per heavy atom. The zero-order valence-corrected chi connectivity index (χ0v) is 10.3. The number of aromatic nitrogens is 1. The van der Waals surface area contributed by atoms with Crippen LogP contribution in [0.5, 0.6) is 0 Å². The predicted octanol–water partition coefficient (Wildman–Crippen LogP) is 3.99. The van der Waals surface area contributed by atoms with Crippen LogP contribution in [0.3, 0.4) is 0 Å². The molecule has 19 heavy (non-hydrogen) atoms. The standard InChI is InChI=1S/C16H13FN2/c17-15-6-2-1-4-13(15)11-19-16-7-3-5-12-10-18-9-8-14(12)16/h1-10,19H,11H2. The van der Waals surface area contributed by atoms with Crippen LogP contribution in [0.15, 0.2) is 60.9 Å². The van der Waals surface area contributed by atoms with E-state index in [1.54, 1.807) is 18.3 Å². The molecule has 1 N–H and O–H groups in total. The fourth-order valence-corrected chi connectivity index (χ4v) is 2.11. The Labute approximate surface area is 110 Å². The van der Waals surface area contributed by atoms with Crippen molar-refractivity contribution in [1.82, 2.24) is 4.98 Å². The Morgan fingerprint density at radius 3 is 2.79 bits per heavy atom. The maximum atomic E-state index is 13.6. The van der Waals surface area contributed by atoms with Gasteiger partial charge in [0.1, 0.15) is 5.82 Å². The van der Waals surface area contributed by atoms with Crippen molar-refractivity contribution in [2.45, 2.75) is 6.54 Å². The molecule has 1 heterocycles. The topological polar surface area (TPSA) is 24.9 Å². The van der Waals surface area contributed by atoms with Crippen molar-refractivity contribution in [3.05, 3.63) is 72.3 Å². The number of nitrogens with one attached hydrogen (secondary N) is 1. The van der Waals surface area contributed by atoms with Crippen molar-refractivity contribution < 1.29 is 4.39 Å². The molecule has 2 aromatic carbocycles. The maximum Gasteiger partial charge on any atom is 0.128 e. The lowest BCUT2D eigenvalue weighted by Crippen LogP contribution is -2.02. The molecular formula is C16H13FN2. The van der Waals surface area contributed by atoms with E-state index >= 15 is 0 Å². The molecule has 0 unspecified atom stereocenters. The smallest absolute Gasteiger partial charge is 0.128 e. The van der Waals surface area contributed by atoms with Crippen molar-refractivity contribution in [2.75, 3.05) is 5.32 Å². The van der Waals surface area contributed by atoms with E-state index in [-0.39, 0.29) is 5.82 Å². The molecule has 3 heteroatoms. The summed E-state index contributed by atoms with van der Waals surface area (Å²) in [6.07, 6.45) is 3.58. The number of nitrogens with zero attached hydrogens (tertiary/aromatic N) is 1. The van der Waals surface area contributed by atoms with Gasteiger partial charge in [0, 0.05) is 41.0 Å². The molecule has 0 radical (unpaired) electrons. The molecule has 1 aromatic heterocycles. The molecule has 0 saturated heterocycles. The molecule has 2 nitrogen and oxygen atoms in total. The molecule has 0 atom stereocenters. The van der Waals surface area contributed by atoms with Crippen molar-refractivity contribution >= 4 is 16.5 Å². The third-order valence-corrected chi connectivity index (χ3v) is 3.11. The SMILES string of the molecule is Fc1ccccc1CNc1cccc2cnccc12. The summed E-state index contributed by atoms with van der Waals surface area (Å²) < 4.78 is 13.6. The van der Waals surface area contributed by atoms with Crippen LogP contribution < -0.4 is 5.32 Å². The molecule has 0 aliphatic rings. The Balaban J connectivity index is 1.88. The highest BCUT2D eigenvalue weighted by molar-refractivity contribution is 5.93. The Hall–Kier alpha value is -2.42. The number of halogens is 1. The second-order valence-corrected chi connectivity index (χ2v) is 4.35. The summed E-state index contributed by atoms with van der Waals surface area (Å²) in [5.41, 5.74) is 1.65. The van der Waals surface area contributed by atoms with Crippen LogP contribution >= 0.6 is 0 Å². The summed E-state index contributed by atoms with van der Waals surface area (Å²) in [4.78, 5) is 4.10. The molecule has 0 aliphatic carbocycles. The van der Waals surface area contributed by atoms with Crippen LogP contribution in [0.1, 0.15) is 5.56 Å². The van der Waals surface area contributed by atoms with Gasteiger partial charge in [-0.3, -0.25) is 4.98 Å². The lowest BCUT2D eigenvalue weighted by atomic mass is 10.1. The van der Waals surface area contributed by atoms with E-state index in [1.165, 1.54) is 6.07 Å². The third kappa shape index (κ3) is 2.40. The monoisotopic (exact) mass is 252 g/mol. The van der Waals surface area contributed by atoms with Gasteiger partial charge >= 0.3 is 0 Å². The molecule has 0 saturated carbocycles. The quantitative estimate of drug-likeness (QED) is 0.762. The van der Waals surface area contributed by atoms with Crippen LogP contribution in [0.2, 0.25) is 0 Å². The second kappa shape index (κ2) is 5.06. The summed E-state index contributed by atoms with van der Waals surface area (Å²) in [7, 11) is 0. The zero-order valence-electron chi connectivity index (χ0n) is 10.3. The van der Waals surface area contributed by atoms with E-state index in [0.717, 1.165) is 16.5 Å². The number of benzene rings is 2. The molecule has 0 aliphatic heterocycles. The lowest BCUT2D eigenvalue weighted by molar-refractivity contribution is 0.613. The van der Waals surface area contributed by atoms with E-state index < -0.39 is 0 Å². The summed E-state index contributed by atoms with van der Waals surface area (Å²) in [6.45, 7) is 0.466. The number of rotatable bonds is 3. The summed E-state index contributed by atoms with van der Waals surface area (Å²) in [6, 6.07) is 14.7. The summed E-state index contributed by atoms with van der Waals surface area (Å²) in [5.74, 6) is -0.183. The van der Waals surface area contributed by atoms with E-state index in [0.29, 0.717) is 12.1 Å². The lowest BCUT2D eigenvalue weighted by Gasteiger charge is -2.10. The van der Waals surface area contributed by atoms with E-state index in [4.69, 9.17) is 0 Å².